The lowest BCUT2D eigenvalue weighted by molar-refractivity contribution is -0.142. The van der Waals surface area contributed by atoms with Crippen LogP contribution in [0, 0.1) is 12.7 Å². The molecule has 1 N–H and O–H groups in total. The van der Waals surface area contributed by atoms with E-state index in [9.17, 15) is 27.6 Å². The summed E-state index contributed by atoms with van der Waals surface area (Å²) in [6, 6.07) is 9.70. The van der Waals surface area contributed by atoms with Crippen molar-refractivity contribution in [2.75, 3.05) is 25.6 Å². The minimum Gasteiger partial charge on any atom is -0.465 e. The van der Waals surface area contributed by atoms with Crippen LogP contribution in [-0.2, 0) is 16.0 Å². The number of para-hydroxylation sites is 1. The molecule has 2 aromatic carbocycles. The lowest BCUT2D eigenvalue weighted by atomic mass is 10.1. The van der Waals surface area contributed by atoms with Gasteiger partial charge < -0.3 is 10.1 Å². The Morgan fingerprint density at radius 3 is 2.51 bits per heavy atom. The Morgan fingerprint density at radius 2 is 1.93 bits per heavy atom. The van der Waals surface area contributed by atoms with Crippen molar-refractivity contribution in [2.24, 2.45) is 0 Å². The van der Waals surface area contributed by atoms with Crippen LogP contribution in [0.5, 0.6) is 0 Å². The first-order valence-electron chi connectivity index (χ1n) is 12.0. The number of aromatic nitrogens is 4. The van der Waals surface area contributed by atoms with E-state index in [1.807, 2.05) is 24.3 Å². The third-order valence-electron chi connectivity index (χ3n) is 5.55. The van der Waals surface area contributed by atoms with E-state index in [-0.39, 0.29) is 45.7 Å². The fraction of sp³-hybridized carbons (Fsp3) is 0.320. The van der Waals surface area contributed by atoms with Gasteiger partial charge in [-0.25, -0.2) is 23.5 Å². The molecule has 4 rings (SSSR count). The van der Waals surface area contributed by atoms with Crippen LogP contribution in [0.2, 0.25) is 5.02 Å². The van der Waals surface area contributed by atoms with E-state index in [0.717, 1.165) is 22.3 Å². The average Bonchev–Trinajstić information content (AvgIpc) is 3.49. The van der Waals surface area contributed by atoms with E-state index in [4.69, 9.17) is 27.9 Å². The molecule has 0 bridgehead atoms. The van der Waals surface area contributed by atoms with Crippen LogP contribution in [0.25, 0.3) is 15.9 Å². The fourth-order valence-corrected chi connectivity index (χ4v) is 4.91. The highest BCUT2D eigenvalue weighted by Gasteiger charge is 2.23. The number of hydrogen-bond acceptors (Lipinski definition) is 7. The molecule has 41 heavy (non-hydrogen) atoms. The first-order chi connectivity index (χ1) is 19.4. The van der Waals surface area contributed by atoms with Crippen LogP contribution < -0.4 is 15.9 Å². The molecule has 0 saturated carbocycles. The molecule has 2 amide bonds. The number of nitrogens with one attached hydrogen (secondary N) is 1. The first-order valence-corrected chi connectivity index (χ1v) is 13.6. The predicted molar refractivity (Wildman–Crippen MR) is 151 cm³/mol. The van der Waals surface area contributed by atoms with Crippen LogP contribution in [0.1, 0.15) is 24.9 Å². The number of urea groups is 1. The third kappa shape index (κ3) is 7.37. The van der Waals surface area contributed by atoms with E-state index in [2.05, 4.69) is 15.4 Å². The lowest BCUT2D eigenvalue weighted by Gasteiger charge is -2.12. The number of carbonyl (C=O) groups excluding carboxylic acids is 2. The van der Waals surface area contributed by atoms with E-state index < -0.39 is 29.4 Å². The van der Waals surface area contributed by atoms with Crippen molar-refractivity contribution >= 4 is 61.9 Å². The Balaban J connectivity index is 0.000000260. The SMILES string of the molecule is CCOC(=O)C(Cl)Cc1cc(-n2nc(C)n(C(F)F)c2=O)c(F)cc1Cl.CNC(=O)N(C)c1nc2ccccc2s1. The molecule has 0 saturated heterocycles. The highest BCUT2D eigenvalue weighted by Crippen LogP contribution is 2.28. The maximum absolute atomic E-state index is 14.2. The number of amides is 2. The monoisotopic (exact) mass is 632 g/mol. The molecule has 4 aromatic rings. The van der Waals surface area contributed by atoms with E-state index in [1.165, 1.54) is 23.2 Å². The summed E-state index contributed by atoms with van der Waals surface area (Å²) >= 11 is 13.4. The maximum Gasteiger partial charge on any atom is 0.355 e. The molecule has 0 fully saturated rings. The summed E-state index contributed by atoms with van der Waals surface area (Å²) in [7, 11) is 3.31. The number of halogens is 5. The van der Waals surface area contributed by atoms with Crippen molar-refractivity contribution in [3.05, 3.63) is 69.1 Å². The molecular formula is C25H25Cl2F3N6O4S. The molecular weight excluding hydrogens is 608 g/mol. The first kappa shape index (κ1) is 31.9. The molecule has 0 radical (unpaired) electrons. The zero-order chi connectivity index (χ0) is 30.4. The highest BCUT2D eigenvalue weighted by molar-refractivity contribution is 7.22. The third-order valence-corrected chi connectivity index (χ3v) is 7.35. The van der Waals surface area contributed by atoms with Crippen molar-refractivity contribution < 1.29 is 27.5 Å². The van der Waals surface area contributed by atoms with Crippen molar-refractivity contribution in [3.63, 3.8) is 0 Å². The number of aryl methyl sites for hydroxylation is 1. The quantitative estimate of drug-likeness (QED) is 0.218. The summed E-state index contributed by atoms with van der Waals surface area (Å²) in [4.78, 5) is 41.0. The largest absolute Gasteiger partial charge is 0.465 e. The van der Waals surface area contributed by atoms with Gasteiger partial charge in [0.15, 0.2) is 10.9 Å². The minimum absolute atomic E-state index is 0.0424. The van der Waals surface area contributed by atoms with E-state index in [0.29, 0.717) is 9.81 Å². The van der Waals surface area contributed by atoms with Gasteiger partial charge in [-0.1, -0.05) is 35.1 Å². The van der Waals surface area contributed by atoms with Gasteiger partial charge in [0, 0.05) is 25.5 Å². The molecule has 0 spiro atoms. The number of nitrogens with zero attached hydrogens (tertiary/aromatic N) is 5. The predicted octanol–water partition coefficient (Wildman–Crippen LogP) is 5.31. The van der Waals surface area contributed by atoms with Crippen molar-refractivity contribution in [3.8, 4) is 5.69 Å². The van der Waals surface area contributed by atoms with Crippen LogP contribution >= 0.6 is 34.5 Å². The number of anilines is 1. The Morgan fingerprint density at radius 1 is 1.24 bits per heavy atom. The normalized spacial score (nSPS) is 11.7. The zero-order valence-electron chi connectivity index (χ0n) is 22.2. The molecule has 1 unspecified atom stereocenters. The topological polar surface area (TPSA) is 111 Å². The summed E-state index contributed by atoms with van der Waals surface area (Å²) in [6.45, 7) is -0.195. The molecule has 2 heterocycles. The van der Waals surface area contributed by atoms with Gasteiger partial charge in [0.05, 0.1) is 16.8 Å². The summed E-state index contributed by atoms with van der Waals surface area (Å²) in [5, 5.41) is 5.78. The van der Waals surface area contributed by atoms with Crippen molar-refractivity contribution in [1.29, 1.82) is 0 Å². The smallest absolute Gasteiger partial charge is 0.355 e. The Hall–Kier alpha value is -3.62. The maximum atomic E-state index is 14.2. The van der Waals surface area contributed by atoms with Crippen molar-refractivity contribution in [1.82, 2.24) is 24.6 Å². The number of hydrogen-bond donors (Lipinski definition) is 1. The zero-order valence-corrected chi connectivity index (χ0v) is 24.5. The van der Waals surface area contributed by atoms with Crippen LogP contribution in [-0.4, -0.2) is 57.4 Å². The summed E-state index contributed by atoms with van der Waals surface area (Å²) in [6.07, 6.45) is -0.115. The summed E-state index contributed by atoms with van der Waals surface area (Å²) < 4.78 is 46.6. The molecule has 10 nitrogen and oxygen atoms in total. The summed E-state index contributed by atoms with van der Waals surface area (Å²) in [5.74, 6) is -1.92. The number of fused-ring (bicyclic) bond motifs is 1. The van der Waals surface area contributed by atoms with E-state index >= 15 is 0 Å². The van der Waals surface area contributed by atoms with Gasteiger partial charge in [0.1, 0.15) is 16.9 Å². The van der Waals surface area contributed by atoms with Gasteiger partial charge in [-0.2, -0.15) is 13.5 Å². The van der Waals surface area contributed by atoms with Gasteiger partial charge in [0.2, 0.25) is 0 Å². The second-order valence-corrected chi connectivity index (χ2v) is 10.2. The number of alkyl halides is 3. The second kappa shape index (κ2) is 13.8. The standard InChI is InChI=1S/C15H14Cl2F3N3O3.C10H11N3OS/c1-3-26-13(24)10(17)4-8-5-12(11(18)6-9(8)16)23-15(25)22(14(19)20)7(2)21-23;1-11-9(14)13(2)10-12-7-5-3-4-6-8(7)15-10/h5-6,10,14H,3-4H2,1-2H3;3-6H,1-2H3,(H,11,14). The second-order valence-electron chi connectivity index (χ2n) is 8.29. The fourth-order valence-electron chi connectivity index (χ4n) is 3.52. The molecule has 1 atom stereocenters. The Bertz CT molecular complexity index is 1580. The average molecular weight is 633 g/mol. The van der Waals surface area contributed by atoms with Crippen LogP contribution in [0.4, 0.5) is 23.1 Å². The number of thiazole rings is 1. The van der Waals surface area contributed by atoms with Crippen LogP contribution in [0.3, 0.4) is 0 Å². The van der Waals surface area contributed by atoms with Gasteiger partial charge in [-0.3, -0.25) is 9.69 Å². The number of carbonyl (C=O) groups is 2. The summed E-state index contributed by atoms with van der Waals surface area (Å²) in [5.41, 5.74) is -0.442. The number of esters is 1. The molecule has 16 heteroatoms. The minimum atomic E-state index is -3.12. The highest BCUT2D eigenvalue weighted by atomic mass is 35.5. The number of rotatable bonds is 7. The van der Waals surface area contributed by atoms with Gasteiger partial charge in [0.25, 0.3) is 0 Å². The molecule has 2 aromatic heterocycles. The molecule has 220 valence electrons. The van der Waals surface area contributed by atoms with Crippen LogP contribution in [0.15, 0.2) is 41.2 Å². The number of ether oxygens (including phenoxy) is 1. The van der Waals surface area contributed by atoms with Gasteiger partial charge in [-0.05, 0) is 43.7 Å². The molecule has 0 aliphatic heterocycles. The Labute approximate surface area is 246 Å². The van der Waals surface area contributed by atoms with E-state index in [1.54, 1.807) is 21.0 Å². The van der Waals surface area contributed by atoms with Gasteiger partial charge in [-0.15, -0.1) is 16.7 Å². The van der Waals surface area contributed by atoms with Gasteiger partial charge >= 0.3 is 24.2 Å². The number of benzene rings is 2. The Kier molecular flexibility index (Phi) is 10.8. The lowest BCUT2D eigenvalue weighted by Crippen LogP contribution is -2.34. The van der Waals surface area contributed by atoms with Crippen molar-refractivity contribution in [2.45, 2.75) is 32.2 Å². The molecule has 0 aliphatic carbocycles. The molecule has 0 aliphatic rings.